The molecule has 0 bridgehead atoms. The van der Waals surface area contributed by atoms with Crippen LogP contribution >= 0.6 is 0 Å². The zero-order valence-electron chi connectivity index (χ0n) is 18.3. The fraction of sp³-hybridized carbons (Fsp3) is 0.250. The van der Waals surface area contributed by atoms with E-state index in [-0.39, 0.29) is 18.4 Å². The van der Waals surface area contributed by atoms with Gasteiger partial charge in [0.05, 0.1) is 23.9 Å². The average molecular weight is 434 g/mol. The predicted molar refractivity (Wildman–Crippen MR) is 129 cm³/mol. The van der Waals surface area contributed by atoms with Gasteiger partial charge in [0.2, 0.25) is 0 Å². The number of hydrogen-bond acceptors (Lipinski definition) is 3. The maximum atomic E-state index is 13.0. The molecule has 1 saturated carbocycles. The van der Waals surface area contributed by atoms with Gasteiger partial charge in [-0.3, -0.25) is 14.5 Å². The first-order valence-electron chi connectivity index (χ1n) is 11.5. The van der Waals surface area contributed by atoms with Crippen molar-refractivity contribution in [2.45, 2.75) is 38.1 Å². The Morgan fingerprint density at radius 2 is 1.70 bits per heavy atom. The van der Waals surface area contributed by atoms with Crippen LogP contribution in [0.4, 0.5) is 0 Å². The highest BCUT2D eigenvalue weighted by Gasteiger charge is 2.32. The Balaban J connectivity index is 1.48. The first kappa shape index (κ1) is 19.8. The Hall–Kier alpha value is -3.91. The van der Waals surface area contributed by atoms with Crippen LogP contribution in [0.2, 0.25) is 0 Å². The lowest BCUT2D eigenvalue weighted by molar-refractivity contribution is 0.0632. The Kier molecular flexibility index (Phi) is 4.55. The minimum atomic E-state index is -0.338. The fourth-order valence-corrected chi connectivity index (χ4v) is 5.48. The highest BCUT2D eigenvalue weighted by atomic mass is 16.2. The second kappa shape index (κ2) is 7.60. The number of fused-ring (bicyclic) bond motifs is 1. The standard InChI is InChI=1S/C28H23N3O2/c1-2-15-30-27(32)22-10-6-9-21-20(12-13-23(26(21)22)28(30)33)18-11-14-25-24(16-18)29-17-31(25)19-7-4-3-5-8-19/h1,6,9-14,16-17,19H,3-5,7-8,15H2. The van der Waals surface area contributed by atoms with Crippen molar-refractivity contribution in [1.82, 2.24) is 14.5 Å². The Morgan fingerprint density at radius 1 is 0.939 bits per heavy atom. The van der Waals surface area contributed by atoms with E-state index >= 15 is 0 Å². The lowest BCUT2D eigenvalue weighted by atomic mass is 9.89. The van der Waals surface area contributed by atoms with E-state index in [0.717, 1.165) is 32.4 Å². The van der Waals surface area contributed by atoms with Crippen molar-refractivity contribution in [2.24, 2.45) is 0 Å². The minimum absolute atomic E-state index is 0.0322. The molecule has 33 heavy (non-hydrogen) atoms. The Labute approximate surface area is 192 Å². The molecule has 162 valence electrons. The van der Waals surface area contributed by atoms with Gasteiger partial charge in [0.15, 0.2) is 0 Å². The lowest BCUT2D eigenvalue weighted by Crippen LogP contribution is -2.40. The molecule has 0 saturated heterocycles. The number of rotatable bonds is 3. The van der Waals surface area contributed by atoms with Gasteiger partial charge >= 0.3 is 0 Å². The summed E-state index contributed by atoms with van der Waals surface area (Å²) in [7, 11) is 0. The van der Waals surface area contributed by atoms with Gasteiger partial charge in [-0.2, -0.15) is 0 Å². The van der Waals surface area contributed by atoms with Crippen molar-refractivity contribution in [3.63, 3.8) is 0 Å². The first-order chi connectivity index (χ1) is 16.2. The van der Waals surface area contributed by atoms with E-state index in [1.165, 1.54) is 32.1 Å². The molecule has 0 unspecified atom stereocenters. The van der Waals surface area contributed by atoms with Crippen LogP contribution in [-0.2, 0) is 0 Å². The molecule has 0 radical (unpaired) electrons. The van der Waals surface area contributed by atoms with E-state index in [2.05, 4.69) is 28.7 Å². The molecular formula is C28H23N3O2. The summed E-state index contributed by atoms with van der Waals surface area (Å²) in [4.78, 5) is 31.8. The van der Waals surface area contributed by atoms with E-state index in [4.69, 9.17) is 11.4 Å². The number of carbonyl (C=O) groups is 2. The van der Waals surface area contributed by atoms with Crippen LogP contribution in [-0.4, -0.2) is 32.8 Å². The maximum absolute atomic E-state index is 13.0. The van der Waals surface area contributed by atoms with Crippen LogP contribution in [0, 0.1) is 12.3 Å². The van der Waals surface area contributed by atoms with Gasteiger partial charge in [-0.1, -0.05) is 49.4 Å². The lowest BCUT2D eigenvalue weighted by Gasteiger charge is -2.26. The fourth-order valence-electron chi connectivity index (χ4n) is 5.48. The third-order valence-electron chi connectivity index (χ3n) is 7.10. The zero-order valence-corrected chi connectivity index (χ0v) is 18.3. The second-order valence-electron chi connectivity index (χ2n) is 8.94. The molecule has 4 aromatic rings. The molecule has 2 heterocycles. The first-order valence-corrected chi connectivity index (χ1v) is 11.5. The number of aromatic nitrogens is 2. The van der Waals surface area contributed by atoms with Gasteiger partial charge in [0.25, 0.3) is 11.8 Å². The summed E-state index contributed by atoms with van der Waals surface area (Å²) in [6, 6.07) is 16.3. The molecule has 3 aromatic carbocycles. The van der Waals surface area contributed by atoms with Crippen LogP contribution in [0.1, 0.15) is 58.9 Å². The molecule has 1 aliphatic heterocycles. The molecule has 1 aliphatic carbocycles. The summed E-state index contributed by atoms with van der Waals surface area (Å²) in [6.07, 6.45) is 13.7. The molecule has 5 nitrogen and oxygen atoms in total. The summed E-state index contributed by atoms with van der Waals surface area (Å²) in [5.41, 5.74) is 5.15. The second-order valence-corrected chi connectivity index (χ2v) is 8.94. The summed E-state index contributed by atoms with van der Waals surface area (Å²) in [6.45, 7) is -0.0322. The summed E-state index contributed by atoms with van der Waals surface area (Å²) in [5.74, 6) is 1.74. The normalized spacial score (nSPS) is 16.5. The van der Waals surface area contributed by atoms with Gasteiger partial charge < -0.3 is 4.57 Å². The summed E-state index contributed by atoms with van der Waals surface area (Å²) < 4.78 is 2.33. The highest BCUT2D eigenvalue weighted by Crippen LogP contribution is 2.38. The van der Waals surface area contributed by atoms with E-state index in [0.29, 0.717) is 22.6 Å². The molecule has 1 fully saturated rings. The molecule has 2 amide bonds. The highest BCUT2D eigenvalue weighted by molar-refractivity contribution is 6.27. The number of amides is 2. The van der Waals surface area contributed by atoms with Gasteiger partial charge in [0.1, 0.15) is 0 Å². The number of terminal acetylenes is 1. The van der Waals surface area contributed by atoms with Gasteiger partial charge in [-0.25, -0.2) is 4.98 Å². The summed E-state index contributed by atoms with van der Waals surface area (Å²) in [5, 5.41) is 1.59. The third kappa shape index (κ3) is 2.98. The van der Waals surface area contributed by atoms with E-state index in [1.54, 1.807) is 6.07 Å². The van der Waals surface area contributed by atoms with Crippen molar-refractivity contribution in [3.8, 4) is 23.5 Å². The number of imide groups is 1. The smallest absolute Gasteiger partial charge is 0.262 e. The van der Waals surface area contributed by atoms with Gasteiger partial charge in [-0.15, -0.1) is 6.42 Å². The molecule has 0 spiro atoms. The van der Waals surface area contributed by atoms with Crippen molar-refractivity contribution in [1.29, 1.82) is 0 Å². The van der Waals surface area contributed by atoms with Crippen LogP contribution < -0.4 is 0 Å². The zero-order chi connectivity index (χ0) is 22.5. The van der Waals surface area contributed by atoms with Gasteiger partial charge in [-0.05, 0) is 53.6 Å². The number of nitrogens with zero attached hydrogens (tertiary/aromatic N) is 3. The number of benzene rings is 3. The SMILES string of the molecule is C#CCN1C(=O)c2cccc3c(-c4ccc5c(c4)ncn5C4CCCCC4)ccc(c23)C1=O. The maximum Gasteiger partial charge on any atom is 0.262 e. The van der Waals surface area contributed by atoms with Crippen LogP contribution in [0.15, 0.2) is 54.9 Å². The van der Waals surface area contributed by atoms with E-state index in [1.807, 2.05) is 30.6 Å². The predicted octanol–water partition coefficient (Wildman–Crippen LogP) is 5.59. The quantitative estimate of drug-likeness (QED) is 0.313. The molecule has 5 heteroatoms. The topological polar surface area (TPSA) is 55.2 Å². The largest absolute Gasteiger partial charge is 0.327 e. The number of carbonyl (C=O) groups excluding carboxylic acids is 2. The van der Waals surface area contributed by atoms with Crippen LogP contribution in [0.25, 0.3) is 32.9 Å². The minimum Gasteiger partial charge on any atom is -0.327 e. The Morgan fingerprint density at radius 3 is 2.48 bits per heavy atom. The monoisotopic (exact) mass is 433 g/mol. The molecule has 2 aliphatic rings. The van der Waals surface area contributed by atoms with Gasteiger partial charge in [0, 0.05) is 22.6 Å². The number of imidazole rings is 1. The van der Waals surface area contributed by atoms with Crippen molar-refractivity contribution in [3.05, 3.63) is 66.0 Å². The average Bonchev–Trinajstić information content (AvgIpc) is 3.28. The van der Waals surface area contributed by atoms with Crippen molar-refractivity contribution >= 4 is 33.6 Å². The van der Waals surface area contributed by atoms with Crippen molar-refractivity contribution in [2.75, 3.05) is 6.54 Å². The van der Waals surface area contributed by atoms with E-state index in [9.17, 15) is 9.59 Å². The number of hydrogen-bond donors (Lipinski definition) is 0. The van der Waals surface area contributed by atoms with Crippen LogP contribution in [0.3, 0.4) is 0 Å². The summed E-state index contributed by atoms with van der Waals surface area (Å²) >= 11 is 0. The molecular weight excluding hydrogens is 410 g/mol. The molecule has 0 N–H and O–H groups in total. The van der Waals surface area contributed by atoms with Crippen molar-refractivity contribution < 1.29 is 9.59 Å². The van der Waals surface area contributed by atoms with Crippen LogP contribution in [0.5, 0.6) is 0 Å². The molecule has 6 rings (SSSR count). The molecule has 0 atom stereocenters. The molecule has 1 aromatic heterocycles. The Bertz CT molecular complexity index is 1460. The third-order valence-corrected chi connectivity index (χ3v) is 7.10. The van der Waals surface area contributed by atoms with E-state index < -0.39 is 0 Å².